The quantitative estimate of drug-likeness (QED) is 0.879. The number of hydrogen-bond donors (Lipinski definition) is 1. The van der Waals surface area contributed by atoms with E-state index in [0.29, 0.717) is 5.56 Å². The van der Waals surface area contributed by atoms with Crippen LogP contribution in [0.2, 0.25) is 0 Å². The number of carboxylic acids is 1. The second-order valence-electron chi connectivity index (χ2n) is 6.40. The second kappa shape index (κ2) is 6.02. The van der Waals surface area contributed by atoms with Gasteiger partial charge in [0.2, 0.25) is 5.91 Å². The Labute approximate surface area is 127 Å². The topological polar surface area (TPSA) is 57.6 Å². The third-order valence-electron chi connectivity index (χ3n) is 4.08. The average Bonchev–Trinajstić information content (AvgIpc) is 3.06. The number of aliphatic carboxylic acids is 1. The fourth-order valence-electron chi connectivity index (χ4n) is 2.47. The normalized spacial score (nSPS) is 18.8. The van der Waals surface area contributed by atoms with Crippen LogP contribution in [0.3, 0.4) is 0 Å². The van der Waals surface area contributed by atoms with Gasteiger partial charge < -0.3 is 10.0 Å². The zero-order chi connectivity index (χ0) is 16.5. The minimum atomic E-state index is -1.00. The Hall–Kier alpha value is -1.98. The summed E-state index contributed by atoms with van der Waals surface area (Å²) in [5.74, 6) is -3.19. The van der Waals surface area contributed by atoms with E-state index >= 15 is 0 Å². The molecule has 1 fully saturated rings. The van der Waals surface area contributed by atoms with Crippen molar-refractivity contribution in [3.63, 3.8) is 0 Å². The maximum absolute atomic E-state index is 13.3. The molecular weight excluding hydrogens is 292 g/mol. The molecule has 2 rings (SSSR count). The average molecular weight is 311 g/mol. The molecule has 0 bridgehead atoms. The van der Waals surface area contributed by atoms with Gasteiger partial charge in [0.15, 0.2) is 11.6 Å². The van der Waals surface area contributed by atoms with E-state index in [1.165, 1.54) is 11.0 Å². The first-order chi connectivity index (χ1) is 10.2. The van der Waals surface area contributed by atoms with E-state index in [1.54, 1.807) is 0 Å². The van der Waals surface area contributed by atoms with Gasteiger partial charge in [-0.1, -0.05) is 19.9 Å². The maximum Gasteiger partial charge on any atom is 0.305 e. The fourth-order valence-corrected chi connectivity index (χ4v) is 2.47. The Morgan fingerprint density at radius 2 is 1.95 bits per heavy atom. The number of rotatable bonds is 6. The van der Waals surface area contributed by atoms with Crippen molar-refractivity contribution in [1.82, 2.24) is 4.90 Å². The Morgan fingerprint density at radius 3 is 2.45 bits per heavy atom. The Balaban J connectivity index is 2.11. The van der Waals surface area contributed by atoms with Crippen LogP contribution in [0.25, 0.3) is 0 Å². The van der Waals surface area contributed by atoms with Crippen molar-refractivity contribution in [2.45, 2.75) is 33.2 Å². The first-order valence-electron chi connectivity index (χ1n) is 7.15. The number of hydrogen-bond acceptors (Lipinski definition) is 2. The van der Waals surface area contributed by atoms with Crippen molar-refractivity contribution in [3.05, 3.63) is 35.4 Å². The lowest BCUT2D eigenvalue weighted by Crippen LogP contribution is -2.34. The van der Waals surface area contributed by atoms with Gasteiger partial charge in [-0.25, -0.2) is 8.78 Å². The molecule has 0 radical (unpaired) electrons. The minimum Gasteiger partial charge on any atom is -0.481 e. The lowest BCUT2D eigenvalue weighted by Gasteiger charge is -2.23. The van der Waals surface area contributed by atoms with E-state index in [2.05, 4.69) is 0 Å². The van der Waals surface area contributed by atoms with E-state index in [4.69, 9.17) is 5.11 Å². The lowest BCUT2D eigenvalue weighted by molar-refractivity contribution is -0.139. The molecule has 120 valence electrons. The van der Waals surface area contributed by atoms with E-state index in [0.717, 1.165) is 18.6 Å². The number of carbonyl (C=O) groups excluding carboxylic acids is 1. The number of benzene rings is 1. The van der Waals surface area contributed by atoms with E-state index in [-0.39, 0.29) is 36.8 Å². The standard InChI is InChI=1S/C16H19F2NO3/c1-16(2)8-11(16)15(22)19(6-5-14(20)21)9-10-3-4-12(17)13(18)7-10/h3-4,7,11H,5-6,8-9H2,1-2H3,(H,20,21). The molecule has 1 aromatic rings. The van der Waals surface area contributed by atoms with Gasteiger partial charge in [-0.2, -0.15) is 0 Å². The molecule has 0 saturated heterocycles. The van der Waals surface area contributed by atoms with Crippen molar-refractivity contribution < 1.29 is 23.5 Å². The smallest absolute Gasteiger partial charge is 0.305 e. The summed E-state index contributed by atoms with van der Waals surface area (Å²) in [6.45, 7) is 4.08. The van der Waals surface area contributed by atoms with Crippen LogP contribution in [0.1, 0.15) is 32.3 Å². The van der Waals surface area contributed by atoms with E-state index < -0.39 is 17.6 Å². The van der Waals surface area contributed by atoms with E-state index in [1.807, 2.05) is 13.8 Å². The van der Waals surface area contributed by atoms with Gasteiger partial charge in [0.25, 0.3) is 0 Å². The summed E-state index contributed by atoms with van der Waals surface area (Å²) < 4.78 is 26.2. The van der Waals surface area contributed by atoms with Crippen LogP contribution >= 0.6 is 0 Å². The second-order valence-corrected chi connectivity index (χ2v) is 6.40. The van der Waals surface area contributed by atoms with Crippen LogP contribution in [0, 0.1) is 23.0 Å². The number of nitrogens with zero attached hydrogens (tertiary/aromatic N) is 1. The first kappa shape index (κ1) is 16.4. The lowest BCUT2D eigenvalue weighted by atomic mass is 10.1. The van der Waals surface area contributed by atoms with E-state index in [9.17, 15) is 18.4 Å². The number of halogens is 2. The molecule has 0 aliphatic heterocycles. The molecular formula is C16H19F2NO3. The Morgan fingerprint density at radius 1 is 1.32 bits per heavy atom. The predicted octanol–water partition coefficient (Wildman–Crippen LogP) is 2.81. The van der Waals surface area contributed by atoms with Gasteiger partial charge in [-0.05, 0) is 29.5 Å². The number of carboxylic acid groups (broad SMARTS) is 1. The summed E-state index contributed by atoms with van der Waals surface area (Å²) in [6, 6.07) is 3.44. The van der Waals surface area contributed by atoms with Crippen LogP contribution in [0.4, 0.5) is 8.78 Å². The summed E-state index contributed by atoms with van der Waals surface area (Å²) in [7, 11) is 0. The summed E-state index contributed by atoms with van der Waals surface area (Å²) in [6.07, 6.45) is 0.579. The summed E-state index contributed by atoms with van der Waals surface area (Å²) in [4.78, 5) is 24.6. The Kier molecular flexibility index (Phi) is 4.49. The molecule has 4 nitrogen and oxygen atoms in total. The molecule has 22 heavy (non-hydrogen) atoms. The van der Waals surface area contributed by atoms with Gasteiger partial charge in [0.1, 0.15) is 0 Å². The van der Waals surface area contributed by atoms with Crippen LogP contribution < -0.4 is 0 Å². The molecule has 1 aliphatic carbocycles. The highest BCUT2D eigenvalue weighted by Gasteiger charge is 2.51. The third-order valence-corrected chi connectivity index (χ3v) is 4.08. The van der Waals surface area contributed by atoms with Crippen molar-refractivity contribution >= 4 is 11.9 Å². The highest BCUT2D eigenvalue weighted by molar-refractivity contribution is 5.83. The van der Waals surface area contributed by atoms with Gasteiger partial charge in [-0.3, -0.25) is 9.59 Å². The molecule has 6 heteroatoms. The molecule has 0 heterocycles. The minimum absolute atomic E-state index is 0.0553. The highest BCUT2D eigenvalue weighted by atomic mass is 19.2. The predicted molar refractivity (Wildman–Crippen MR) is 75.9 cm³/mol. The largest absolute Gasteiger partial charge is 0.481 e. The van der Waals surface area contributed by atoms with Crippen molar-refractivity contribution in [2.24, 2.45) is 11.3 Å². The molecule has 1 unspecified atom stereocenters. The molecule has 0 aromatic heterocycles. The zero-order valence-corrected chi connectivity index (χ0v) is 12.6. The number of carbonyl (C=O) groups is 2. The summed E-state index contributed by atoms with van der Waals surface area (Å²) in [5.41, 5.74) is 0.364. The molecule has 1 amide bonds. The van der Waals surface area contributed by atoms with Gasteiger partial charge in [0.05, 0.1) is 6.42 Å². The van der Waals surface area contributed by atoms with Gasteiger partial charge in [-0.15, -0.1) is 0 Å². The van der Waals surface area contributed by atoms with Gasteiger partial charge >= 0.3 is 5.97 Å². The molecule has 1 aliphatic rings. The third kappa shape index (κ3) is 3.81. The summed E-state index contributed by atoms with van der Waals surface area (Å²) in [5, 5.41) is 8.80. The number of amides is 1. The van der Waals surface area contributed by atoms with Crippen LogP contribution in [0.15, 0.2) is 18.2 Å². The maximum atomic E-state index is 13.3. The van der Waals surface area contributed by atoms with Crippen LogP contribution in [-0.2, 0) is 16.1 Å². The van der Waals surface area contributed by atoms with Crippen LogP contribution in [-0.4, -0.2) is 28.4 Å². The van der Waals surface area contributed by atoms with Crippen molar-refractivity contribution in [1.29, 1.82) is 0 Å². The zero-order valence-electron chi connectivity index (χ0n) is 12.6. The molecule has 0 spiro atoms. The van der Waals surface area contributed by atoms with Crippen molar-refractivity contribution in [2.75, 3.05) is 6.54 Å². The molecule has 1 N–H and O–H groups in total. The molecule has 1 aromatic carbocycles. The fraction of sp³-hybridized carbons (Fsp3) is 0.500. The van der Waals surface area contributed by atoms with Crippen molar-refractivity contribution in [3.8, 4) is 0 Å². The Bertz CT molecular complexity index is 601. The molecule has 1 atom stereocenters. The highest BCUT2D eigenvalue weighted by Crippen LogP contribution is 2.52. The monoisotopic (exact) mass is 311 g/mol. The molecule has 1 saturated carbocycles. The van der Waals surface area contributed by atoms with Crippen LogP contribution in [0.5, 0.6) is 0 Å². The van der Waals surface area contributed by atoms with Gasteiger partial charge in [0, 0.05) is 19.0 Å². The SMILES string of the molecule is CC1(C)CC1C(=O)N(CCC(=O)O)Cc1ccc(F)c(F)c1. The first-order valence-corrected chi connectivity index (χ1v) is 7.15. The summed E-state index contributed by atoms with van der Waals surface area (Å²) >= 11 is 0.